The molecule has 0 spiro atoms. The third-order valence-corrected chi connectivity index (χ3v) is 2.71. The predicted octanol–water partition coefficient (Wildman–Crippen LogP) is 0.589. The van der Waals surface area contributed by atoms with Gasteiger partial charge in [0.05, 0.1) is 12.1 Å². The molecule has 1 aliphatic heterocycles. The van der Waals surface area contributed by atoms with Gasteiger partial charge in [0, 0.05) is 19.5 Å². The third kappa shape index (κ3) is 2.54. The second kappa shape index (κ2) is 3.90. The van der Waals surface area contributed by atoms with Crippen LogP contribution >= 0.6 is 0 Å². The van der Waals surface area contributed by atoms with Crippen molar-refractivity contribution < 1.29 is 9.63 Å². The number of aryl methyl sites for hydroxylation is 1. The van der Waals surface area contributed by atoms with Gasteiger partial charge in [-0.3, -0.25) is 4.90 Å². The van der Waals surface area contributed by atoms with E-state index in [1.807, 2.05) is 13.8 Å². The van der Waals surface area contributed by atoms with Gasteiger partial charge in [0.2, 0.25) is 5.89 Å². The molecule has 0 radical (unpaired) electrons. The first-order valence-electron chi connectivity index (χ1n) is 5.35. The molecule has 15 heavy (non-hydrogen) atoms. The molecule has 1 aliphatic rings. The molecule has 1 N–H and O–H groups in total. The van der Waals surface area contributed by atoms with Gasteiger partial charge in [-0.25, -0.2) is 0 Å². The Bertz CT molecular complexity index is 335. The molecule has 2 heterocycles. The van der Waals surface area contributed by atoms with Crippen molar-refractivity contribution >= 4 is 0 Å². The summed E-state index contributed by atoms with van der Waals surface area (Å²) in [7, 11) is 0. The number of aliphatic hydroxyl groups is 1. The van der Waals surface area contributed by atoms with Crippen LogP contribution in [0.5, 0.6) is 0 Å². The quantitative estimate of drug-likeness (QED) is 0.792. The van der Waals surface area contributed by atoms with Gasteiger partial charge in [-0.2, -0.15) is 4.98 Å². The molecule has 1 fully saturated rings. The van der Waals surface area contributed by atoms with E-state index < -0.39 is 5.60 Å². The molecule has 1 aromatic rings. The zero-order valence-electron chi connectivity index (χ0n) is 9.23. The zero-order chi connectivity index (χ0) is 10.9. The predicted molar refractivity (Wildman–Crippen MR) is 54.2 cm³/mol. The average Bonchev–Trinajstić information content (AvgIpc) is 2.73. The van der Waals surface area contributed by atoms with E-state index in [0.29, 0.717) is 24.8 Å². The molecule has 5 heteroatoms. The standard InChI is InChI=1S/C10H17N3O2/c1-3-9-11-8(12-15-9)6-13-5-4-10(2,14)7-13/h14H,3-7H2,1-2H3. The van der Waals surface area contributed by atoms with Crippen LogP contribution < -0.4 is 0 Å². The van der Waals surface area contributed by atoms with Crippen molar-refractivity contribution in [2.45, 2.75) is 38.8 Å². The summed E-state index contributed by atoms with van der Waals surface area (Å²) in [5.74, 6) is 1.39. The summed E-state index contributed by atoms with van der Waals surface area (Å²) in [6, 6.07) is 0. The number of nitrogens with zero attached hydrogens (tertiary/aromatic N) is 3. The fourth-order valence-corrected chi connectivity index (χ4v) is 1.87. The Hall–Kier alpha value is -0.940. The minimum atomic E-state index is -0.558. The maximum absolute atomic E-state index is 9.79. The number of rotatable bonds is 3. The Morgan fingerprint density at radius 3 is 2.93 bits per heavy atom. The SMILES string of the molecule is CCc1nc(CN2CCC(C)(O)C2)no1. The van der Waals surface area contributed by atoms with Gasteiger partial charge >= 0.3 is 0 Å². The van der Waals surface area contributed by atoms with Crippen LogP contribution in [0.1, 0.15) is 32.0 Å². The number of β-amino-alcohol motifs (C(OH)–C–C–N with tert-alkyl or cyclic N) is 1. The second-order valence-electron chi connectivity index (χ2n) is 4.42. The van der Waals surface area contributed by atoms with E-state index in [0.717, 1.165) is 19.4 Å². The molecule has 0 aromatic carbocycles. The first kappa shape index (κ1) is 10.6. The van der Waals surface area contributed by atoms with Gasteiger partial charge in [-0.1, -0.05) is 12.1 Å². The molecule has 1 unspecified atom stereocenters. The van der Waals surface area contributed by atoms with Crippen LogP contribution in [0.15, 0.2) is 4.52 Å². The van der Waals surface area contributed by atoms with Gasteiger partial charge < -0.3 is 9.63 Å². The van der Waals surface area contributed by atoms with Crippen molar-refractivity contribution in [2.75, 3.05) is 13.1 Å². The van der Waals surface area contributed by atoms with E-state index in [4.69, 9.17) is 4.52 Å². The van der Waals surface area contributed by atoms with Crippen LogP contribution in [0.4, 0.5) is 0 Å². The molecular weight excluding hydrogens is 194 g/mol. The fourth-order valence-electron chi connectivity index (χ4n) is 1.87. The fraction of sp³-hybridized carbons (Fsp3) is 0.800. The lowest BCUT2D eigenvalue weighted by molar-refractivity contribution is 0.0675. The van der Waals surface area contributed by atoms with Crippen LogP contribution in [0.2, 0.25) is 0 Å². The maximum atomic E-state index is 9.79. The van der Waals surface area contributed by atoms with Crippen molar-refractivity contribution in [3.8, 4) is 0 Å². The monoisotopic (exact) mass is 211 g/mol. The molecule has 2 rings (SSSR count). The largest absolute Gasteiger partial charge is 0.389 e. The van der Waals surface area contributed by atoms with E-state index in [2.05, 4.69) is 15.0 Å². The van der Waals surface area contributed by atoms with Crippen LogP contribution in [-0.2, 0) is 13.0 Å². The summed E-state index contributed by atoms with van der Waals surface area (Å²) < 4.78 is 5.03. The van der Waals surface area contributed by atoms with Crippen LogP contribution in [0, 0.1) is 0 Å². The minimum Gasteiger partial charge on any atom is -0.389 e. The summed E-state index contributed by atoms with van der Waals surface area (Å²) >= 11 is 0. The Labute approximate surface area is 89.1 Å². The topological polar surface area (TPSA) is 62.4 Å². The molecular formula is C10H17N3O2. The minimum absolute atomic E-state index is 0.558. The Balaban J connectivity index is 1.92. The number of likely N-dealkylation sites (tertiary alicyclic amines) is 1. The van der Waals surface area contributed by atoms with Crippen molar-refractivity contribution in [3.63, 3.8) is 0 Å². The number of aromatic nitrogens is 2. The highest BCUT2D eigenvalue weighted by Gasteiger charge is 2.31. The lowest BCUT2D eigenvalue weighted by atomic mass is 10.1. The summed E-state index contributed by atoms with van der Waals surface area (Å²) in [6.45, 7) is 6.09. The average molecular weight is 211 g/mol. The first-order valence-corrected chi connectivity index (χ1v) is 5.35. The smallest absolute Gasteiger partial charge is 0.226 e. The Morgan fingerprint density at radius 1 is 1.60 bits per heavy atom. The van der Waals surface area contributed by atoms with Crippen molar-refractivity contribution in [1.82, 2.24) is 15.0 Å². The molecule has 1 saturated heterocycles. The van der Waals surface area contributed by atoms with Crippen LogP contribution in [0.25, 0.3) is 0 Å². The van der Waals surface area contributed by atoms with E-state index in [1.165, 1.54) is 0 Å². The van der Waals surface area contributed by atoms with Crippen LogP contribution in [0.3, 0.4) is 0 Å². The molecule has 1 atom stereocenters. The van der Waals surface area contributed by atoms with Gasteiger partial charge in [-0.15, -0.1) is 0 Å². The molecule has 0 amide bonds. The molecule has 1 aromatic heterocycles. The summed E-state index contributed by atoms with van der Waals surface area (Å²) in [4.78, 5) is 6.38. The highest BCUT2D eigenvalue weighted by molar-refractivity contribution is 4.91. The highest BCUT2D eigenvalue weighted by Crippen LogP contribution is 2.21. The maximum Gasteiger partial charge on any atom is 0.226 e. The van der Waals surface area contributed by atoms with E-state index in [-0.39, 0.29) is 0 Å². The van der Waals surface area contributed by atoms with Gasteiger partial charge in [0.25, 0.3) is 0 Å². The van der Waals surface area contributed by atoms with Crippen molar-refractivity contribution in [3.05, 3.63) is 11.7 Å². The van der Waals surface area contributed by atoms with Crippen LogP contribution in [-0.4, -0.2) is 38.8 Å². The lowest BCUT2D eigenvalue weighted by Gasteiger charge is -2.16. The highest BCUT2D eigenvalue weighted by atomic mass is 16.5. The molecule has 0 aliphatic carbocycles. The third-order valence-electron chi connectivity index (χ3n) is 2.71. The zero-order valence-corrected chi connectivity index (χ0v) is 9.23. The molecule has 0 saturated carbocycles. The summed E-state index contributed by atoms with van der Waals surface area (Å²) in [5, 5.41) is 13.7. The van der Waals surface area contributed by atoms with Gasteiger partial charge in [-0.05, 0) is 13.3 Å². The van der Waals surface area contributed by atoms with E-state index >= 15 is 0 Å². The molecule has 5 nitrogen and oxygen atoms in total. The number of hydrogen-bond acceptors (Lipinski definition) is 5. The Kier molecular flexibility index (Phi) is 2.75. The van der Waals surface area contributed by atoms with E-state index in [9.17, 15) is 5.11 Å². The van der Waals surface area contributed by atoms with Gasteiger partial charge in [0.1, 0.15) is 0 Å². The summed E-state index contributed by atoms with van der Waals surface area (Å²) in [6.07, 6.45) is 1.58. The van der Waals surface area contributed by atoms with E-state index in [1.54, 1.807) is 0 Å². The van der Waals surface area contributed by atoms with Crippen molar-refractivity contribution in [2.24, 2.45) is 0 Å². The molecule has 84 valence electrons. The lowest BCUT2D eigenvalue weighted by Crippen LogP contribution is -2.29. The normalized spacial score (nSPS) is 27.4. The second-order valence-corrected chi connectivity index (χ2v) is 4.42. The molecule has 0 bridgehead atoms. The Morgan fingerprint density at radius 2 is 2.40 bits per heavy atom. The first-order chi connectivity index (χ1) is 7.09. The van der Waals surface area contributed by atoms with Gasteiger partial charge in [0.15, 0.2) is 5.82 Å². The summed E-state index contributed by atoms with van der Waals surface area (Å²) in [5.41, 5.74) is -0.558. The number of hydrogen-bond donors (Lipinski definition) is 1. The van der Waals surface area contributed by atoms with Crippen molar-refractivity contribution in [1.29, 1.82) is 0 Å².